The van der Waals surface area contributed by atoms with Gasteiger partial charge in [0, 0.05) is 25.2 Å². The van der Waals surface area contributed by atoms with Gasteiger partial charge in [0.15, 0.2) is 0 Å². The second kappa shape index (κ2) is 6.78. The van der Waals surface area contributed by atoms with Gasteiger partial charge in [-0.1, -0.05) is 12.1 Å². The molecule has 0 unspecified atom stereocenters. The summed E-state index contributed by atoms with van der Waals surface area (Å²) in [4.78, 5) is 25.8. The number of carbonyl (C=O) groups is 2. The van der Waals surface area contributed by atoms with Crippen LogP contribution in [0.15, 0.2) is 48.5 Å². The van der Waals surface area contributed by atoms with Gasteiger partial charge in [-0.25, -0.2) is 8.78 Å². The van der Waals surface area contributed by atoms with Crippen LogP contribution >= 0.6 is 0 Å². The molecule has 0 radical (unpaired) electrons. The first kappa shape index (κ1) is 16.1. The molecule has 0 aliphatic carbocycles. The Bertz CT molecular complexity index is 745. The largest absolute Gasteiger partial charge is 0.352 e. The smallest absolute Gasteiger partial charge is 0.227 e. The molecule has 124 valence electrons. The first-order chi connectivity index (χ1) is 11.5. The van der Waals surface area contributed by atoms with E-state index in [9.17, 15) is 18.4 Å². The van der Waals surface area contributed by atoms with Crippen LogP contribution in [0.4, 0.5) is 14.5 Å². The number of rotatable bonds is 4. The number of nitrogens with one attached hydrogen (secondary N) is 1. The Morgan fingerprint density at radius 3 is 2.25 bits per heavy atom. The molecule has 1 saturated heterocycles. The van der Waals surface area contributed by atoms with Crippen LogP contribution in [0, 0.1) is 17.6 Å². The lowest BCUT2D eigenvalue weighted by Gasteiger charge is -2.16. The maximum Gasteiger partial charge on any atom is 0.227 e. The zero-order chi connectivity index (χ0) is 17.1. The van der Waals surface area contributed by atoms with Crippen LogP contribution in [0.5, 0.6) is 0 Å². The summed E-state index contributed by atoms with van der Waals surface area (Å²) >= 11 is 0. The third-order valence-corrected chi connectivity index (χ3v) is 4.01. The molecule has 0 saturated carbocycles. The number of nitrogens with zero attached hydrogens (tertiary/aromatic N) is 1. The molecule has 1 heterocycles. The highest BCUT2D eigenvalue weighted by atomic mass is 19.1. The van der Waals surface area contributed by atoms with E-state index in [-0.39, 0.29) is 43.0 Å². The third kappa shape index (κ3) is 3.59. The molecule has 1 atom stereocenters. The van der Waals surface area contributed by atoms with Gasteiger partial charge in [-0.15, -0.1) is 0 Å². The molecule has 1 aliphatic heterocycles. The molecule has 1 N–H and O–H groups in total. The van der Waals surface area contributed by atoms with Crippen LogP contribution in [0.1, 0.15) is 12.0 Å². The molecule has 0 aromatic heterocycles. The number of halogens is 2. The van der Waals surface area contributed by atoms with Crippen molar-refractivity contribution in [2.75, 3.05) is 11.4 Å². The van der Waals surface area contributed by atoms with E-state index in [1.54, 1.807) is 12.1 Å². The number of carbonyl (C=O) groups excluding carboxylic acids is 2. The van der Waals surface area contributed by atoms with Crippen LogP contribution < -0.4 is 10.2 Å². The number of anilines is 1. The van der Waals surface area contributed by atoms with E-state index in [2.05, 4.69) is 5.32 Å². The quantitative estimate of drug-likeness (QED) is 0.937. The van der Waals surface area contributed by atoms with Gasteiger partial charge < -0.3 is 10.2 Å². The first-order valence-electron chi connectivity index (χ1n) is 7.61. The number of hydrogen-bond donors (Lipinski definition) is 1. The maximum atomic E-state index is 13.0. The van der Waals surface area contributed by atoms with Gasteiger partial charge in [0.1, 0.15) is 11.6 Å². The van der Waals surface area contributed by atoms with Gasteiger partial charge in [0.25, 0.3) is 0 Å². The van der Waals surface area contributed by atoms with E-state index in [1.807, 2.05) is 0 Å². The lowest BCUT2D eigenvalue weighted by molar-refractivity contribution is -0.126. The van der Waals surface area contributed by atoms with E-state index in [1.165, 1.54) is 41.3 Å². The van der Waals surface area contributed by atoms with Crippen molar-refractivity contribution in [2.45, 2.75) is 13.0 Å². The van der Waals surface area contributed by atoms with E-state index < -0.39 is 5.92 Å². The molecule has 2 aromatic carbocycles. The zero-order valence-electron chi connectivity index (χ0n) is 12.8. The third-order valence-electron chi connectivity index (χ3n) is 4.01. The summed E-state index contributed by atoms with van der Waals surface area (Å²) in [7, 11) is 0. The molecule has 0 bridgehead atoms. The van der Waals surface area contributed by atoms with Crippen LogP contribution in [0.25, 0.3) is 0 Å². The van der Waals surface area contributed by atoms with Crippen LogP contribution in [0.2, 0.25) is 0 Å². The summed E-state index contributed by atoms with van der Waals surface area (Å²) in [6.45, 7) is 0.542. The fourth-order valence-corrected chi connectivity index (χ4v) is 2.69. The van der Waals surface area contributed by atoms with E-state index in [4.69, 9.17) is 0 Å². The second-order valence-electron chi connectivity index (χ2n) is 5.73. The van der Waals surface area contributed by atoms with Crippen molar-refractivity contribution in [1.82, 2.24) is 5.32 Å². The average molecular weight is 330 g/mol. The molecule has 1 fully saturated rings. The van der Waals surface area contributed by atoms with Crippen molar-refractivity contribution >= 4 is 17.5 Å². The SMILES string of the molecule is O=C(NCc1ccc(F)cc1)[C@H]1CC(=O)N(c2ccc(F)cc2)C1. The highest BCUT2D eigenvalue weighted by Crippen LogP contribution is 2.25. The molecule has 6 heteroatoms. The van der Waals surface area contributed by atoms with E-state index in [0.717, 1.165) is 5.56 Å². The minimum absolute atomic E-state index is 0.118. The van der Waals surface area contributed by atoms with E-state index >= 15 is 0 Å². The highest BCUT2D eigenvalue weighted by Gasteiger charge is 2.34. The lowest BCUT2D eigenvalue weighted by Crippen LogP contribution is -2.32. The number of benzene rings is 2. The van der Waals surface area contributed by atoms with Crippen LogP contribution in [0.3, 0.4) is 0 Å². The van der Waals surface area contributed by atoms with Gasteiger partial charge in [0.2, 0.25) is 11.8 Å². The molecule has 4 nitrogen and oxygen atoms in total. The van der Waals surface area contributed by atoms with Crippen molar-refractivity contribution in [3.05, 3.63) is 65.7 Å². The minimum Gasteiger partial charge on any atom is -0.352 e. The second-order valence-corrected chi connectivity index (χ2v) is 5.73. The summed E-state index contributed by atoms with van der Waals surface area (Å²) in [6.07, 6.45) is 0.118. The molecule has 1 aliphatic rings. The molecular weight excluding hydrogens is 314 g/mol. The Morgan fingerprint density at radius 1 is 1.04 bits per heavy atom. The summed E-state index contributed by atoms with van der Waals surface area (Å²) in [5.41, 5.74) is 1.36. The van der Waals surface area contributed by atoms with Crippen LogP contribution in [-0.4, -0.2) is 18.4 Å². The molecular formula is C18H16F2N2O2. The van der Waals surface area contributed by atoms with E-state index in [0.29, 0.717) is 5.69 Å². The van der Waals surface area contributed by atoms with Crippen molar-refractivity contribution in [2.24, 2.45) is 5.92 Å². The average Bonchev–Trinajstić information content (AvgIpc) is 2.97. The molecule has 2 aromatic rings. The van der Waals surface area contributed by atoms with Gasteiger partial charge >= 0.3 is 0 Å². The normalized spacial score (nSPS) is 17.2. The Kier molecular flexibility index (Phi) is 4.55. The van der Waals surface area contributed by atoms with Gasteiger partial charge in [-0.2, -0.15) is 0 Å². The highest BCUT2D eigenvalue weighted by molar-refractivity contribution is 6.00. The van der Waals surface area contributed by atoms with Gasteiger partial charge in [-0.05, 0) is 42.0 Å². The topological polar surface area (TPSA) is 49.4 Å². The fraction of sp³-hybridized carbons (Fsp3) is 0.222. The monoisotopic (exact) mass is 330 g/mol. The van der Waals surface area contributed by atoms with Crippen molar-refractivity contribution < 1.29 is 18.4 Å². The van der Waals surface area contributed by atoms with Gasteiger partial charge in [0.05, 0.1) is 5.92 Å². The lowest BCUT2D eigenvalue weighted by atomic mass is 10.1. The minimum atomic E-state index is -0.456. The number of amides is 2. The Labute approximate surface area is 138 Å². The molecule has 2 amide bonds. The molecule has 3 rings (SSSR count). The Morgan fingerprint density at radius 2 is 1.62 bits per heavy atom. The summed E-state index contributed by atoms with van der Waals surface area (Å²) in [6, 6.07) is 11.5. The van der Waals surface area contributed by atoms with Crippen molar-refractivity contribution in [3.8, 4) is 0 Å². The molecule has 0 spiro atoms. The van der Waals surface area contributed by atoms with Gasteiger partial charge in [-0.3, -0.25) is 9.59 Å². The molecule has 24 heavy (non-hydrogen) atoms. The standard InChI is InChI=1S/C18H16F2N2O2/c19-14-3-1-12(2-4-14)10-21-18(24)13-9-17(23)22(11-13)16-7-5-15(20)6-8-16/h1-8,13H,9-11H2,(H,21,24)/t13-/m0/s1. The van der Waals surface area contributed by atoms with Crippen molar-refractivity contribution in [3.63, 3.8) is 0 Å². The Balaban J connectivity index is 1.59. The number of hydrogen-bond acceptors (Lipinski definition) is 2. The summed E-state index contributed by atoms with van der Waals surface area (Å²) in [5, 5.41) is 2.76. The Hall–Kier alpha value is -2.76. The fourth-order valence-electron chi connectivity index (χ4n) is 2.69. The summed E-state index contributed by atoms with van der Waals surface area (Å²) < 4.78 is 25.8. The van der Waals surface area contributed by atoms with Crippen molar-refractivity contribution in [1.29, 1.82) is 0 Å². The summed E-state index contributed by atoms with van der Waals surface area (Å²) in [5.74, 6) is -1.55. The van der Waals surface area contributed by atoms with Crippen LogP contribution in [-0.2, 0) is 16.1 Å². The first-order valence-corrected chi connectivity index (χ1v) is 7.61. The maximum absolute atomic E-state index is 13.0. The zero-order valence-corrected chi connectivity index (χ0v) is 12.8. The predicted molar refractivity (Wildman–Crippen MR) is 85.1 cm³/mol. The predicted octanol–water partition coefficient (Wildman–Crippen LogP) is 2.63.